The van der Waals surface area contributed by atoms with Gasteiger partial charge in [0.1, 0.15) is 0 Å². The molecule has 1 saturated heterocycles. The van der Waals surface area contributed by atoms with Gasteiger partial charge in [0.05, 0.1) is 29.7 Å². The first-order valence-corrected chi connectivity index (χ1v) is 15.2. The monoisotopic (exact) mass is 579 g/mol. The summed E-state index contributed by atoms with van der Waals surface area (Å²) in [4.78, 5) is 6.76. The van der Waals surface area contributed by atoms with Crippen molar-refractivity contribution in [3.63, 3.8) is 0 Å². The minimum absolute atomic E-state index is 0.206. The summed E-state index contributed by atoms with van der Waals surface area (Å²) in [6.45, 7) is 8.16. The Labute approximate surface area is 239 Å². The quantitative estimate of drug-likeness (QED) is 0.261. The molecule has 39 heavy (non-hydrogen) atoms. The molecule has 2 aromatic heterocycles. The Balaban J connectivity index is 1.67. The SMILES string of the molecule is Cc1cc(N2C(=S)NC(c3ccccn3)C2c2cc(C)n(-c3cc(Cl)ccc3C)c2C)ccc1NS(C)(=O)=O. The zero-order chi connectivity index (χ0) is 28.1. The molecule has 7 nitrogen and oxygen atoms in total. The highest BCUT2D eigenvalue weighted by Crippen LogP contribution is 2.44. The summed E-state index contributed by atoms with van der Waals surface area (Å²) in [5.41, 5.74) is 8.47. The first kappa shape index (κ1) is 27.2. The molecule has 1 fully saturated rings. The first-order valence-electron chi connectivity index (χ1n) is 12.5. The lowest BCUT2D eigenvalue weighted by Crippen LogP contribution is -2.29. The summed E-state index contributed by atoms with van der Waals surface area (Å²) in [5.74, 6) is 0. The standard InChI is InChI=1S/C29H30ClN5O2S2/c1-17-9-10-21(30)16-26(17)34-19(3)15-23(20(34)4)28-27(25-8-6-7-13-31-25)32-29(38)35(28)22-11-12-24(18(2)14-22)33-39(5,36)37/h6-16,27-28,33H,1-5H3,(H,32,38). The Hall–Kier alpha value is -3.40. The lowest BCUT2D eigenvalue weighted by Gasteiger charge is -2.29. The second-order valence-electron chi connectivity index (χ2n) is 9.96. The average Bonchev–Trinajstić information content (AvgIpc) is 3.37. The van der Waals surface area contributed by atoms with Crippen LogP contribution < -0.4 is 14.9 Å². The van der Waals surface area contributed by atoms with E-state index in [2.05, 4.69) is 51.3 Å². The smallest absolute Gasteiger partial charge is 0.229 e. The van der Waals surface area contributed by atoms with Gasteiger partial charge in [0.25, 0.3) is 0 Å². The highest BCUT2D eigenvalue weighted by Gasteiger charge is 2.42. The van der Waals surface area contributed by atoms with Crippen molar-refractivity contribution in [2.45, 2.75) is 39.8 Å². The van der Waals surface area contributed by atoms with Gasteiger partial charge in [-0.2, -0.15) is 0 Å². The Morgan fingerprint density at radius 1 is 1.00 bits per heavy atom. The molecule has 3 heterocycles. The molecule has 1 aliphatic rings. The second-order valence-corrected chi connectivity index (χ2v) is 12.5. The number of hydrogen-bond acceptors (Lipinski definition) is 4. The van der Waals surface area contributed by atoms with Gasteiger partial charge in [0, 0.05) is 34.0 Å². The van der Waals surface area contributed by atoms with Crippen LogP contribution in [0.1, 0.15) is 45.9 Å². The maximum Gasteiger partial charge on any atom is 0.229 e. The molecule has 0 amide bonds. The number of nitrogens with one attached hydrogen (secondary N) is 2. The Morgan fingerprint density at radius 2 is 1.77 bits per heavy atom. The molecule has 0 bridgehead atoms. The van der Waals surface area contributed by atoms with Gasteiger partial charge in [-0.3, -0.25) is 9.71 Å². The van der Waals surface area contributed by atoms with Crippen LogP contribution in [0.2, 0.25) is 5.02 Å². The summed E-state index contributed by atoms with van der Waals surface area (Å²) in [7, 11) is -3.40. The molecule has 10 heteroatoms. The number of anilines is 2. The van der Waals surface area contributed by atoms with E-state index < -0.39 is 10.0 Å². The molecule has 1 aliphatic heterocycles. The summed E-state index contributed by atoms with van der Waals surface area (Å²) < 4.78 is 28.5. The summed E-state index contributed by atoms with van der Waals surface area (Å²) in [6.07, 6.45) is 2.93. The molecule has 0 aliphatic carbocycles. The van der Waals surface area contributed by atoms with Crippen molar-refractivity contribution in [3.05, 3.63) is 106 Å². The second kappa shape index (κ2) is 10.3. The van der Waals surface area contributed by atoms with Gasteiger partial charge in [-0.1, -0.05) is 23.7 Å². The van der Waals surface area contributed by atoms with Crippen LogP contribution in [0.5, 0.6) is 0 Å². The van der Waals surface area contributed by atoms with Crippen molar-refractivity contribution >= 4 is 50.3 Å². The Morgan fingerprint density at radius 3 is 2.44 bits per heavy atom. The first-order chi connectivity index (χ1) is 18.4. The lowest BCUT2D eigenvalue weighted by molar-refractivity contribution is 0.565. The van der Waals surface area contributed by atoms with E-state index in [1.165, 1.54) is 0 Å². The van der Waals surface area contributed by atoms with E-state index in [-0.39, 0.29) is 12.1 Å². The largest absolute Gasteiger partial charge is 0.351 e. The fourth-order valence-corrected chi connectivity index (χ4v) is 6.48. The molecule has 202 valence electrons. The highest BCUT2D eigenvalue weighted by molar-refractivity contribution is 7.92. The van der Waals surface area contributed by atoms with Crippen molar-refractivity contribution in [3.8, 4) is 5.69 Å². The Bertz CT molecular complexity index is 1690. The van der Waals surface area contributed by atoms with Gasteiger partial charge in [0.15, 0.2) is 5.11 Å². The van der Waals surface area contributed by atoms with Crippen LogP contribution in [0.15, 0.2) is 66.9 Å². The number of pyridine rings is 1. The lowest BCUT2D eigenvalue weighted by atomic mass is 9.96. The third-order valence-electron chi connectivity index (χ3n) is 7.08. The summed E-state index contributed by atoms with van der Waals surface area (Å²) >= 11 is 12.3. The molecule has 5 rings (SSSR count). The van der Waals surface area contributed by atoms with Crippen molar-refractivity contribution in [1.29, 1.82) is 0 Å². The topological polar surface area (TPSA) is 79.3 Å². The molecule has 2 unspecified atom stereocenters. The van der Waals surface area contributed by atoms with E-state index in [4.69, 9.17) is 23.8 Å². The van der Waals surface area contributed by atoms with Crippen molar-refractivity contribution in [2.24, 2.45) is 0 Å². The average molecular weight is 580 g/mol. The normalized spacial score (nSPS) is 17.4. The van der Waals surface area contributed by atoms with Crippen LogP contribution in [0.25, 0.3) is 5.69 Å². The van der Waals surface area contributed by atoms with E-state index >= 15 is 0 Å². The maximum atomic E-state index is 11.8. The molecule has 0 saturated carbocycles. The van der Waals surface area contributed by atoms with Gasteiger partial charge in [-0.25, -0.2) is 8.42 Å². The van der Waals surface area contributed by atoms with E-state index in [0.29, 0.717) is 15.8 Å². The van der Waals surface area contributed by atoms with Gasteiger partial charge in [0.2, 0.25) is 10.0 Å². The minimum atomic E-state index is -3.40. The zero-order valence-electron chi connectivity index (χ0n) is 22.4. The fraction of sp³-hybridized carbons (Fsp3) is 0.241. The number of aryl methyl sites for hydroxylation is 3. The van der Waals surface area contributed by atoms with Crippen molar-refractivity contribution < 1.29 is 8.42 Å². The minimum Gasteiger partial charge on any atom is -0.351 e. The highest BCUT2D eigenvalue weighted by atomic mass is 35.5. The van der Waals surface area contributed by atoms with E-state index in [9.17, 15) is 8.42 Å². The van der Waals surface area contributed by atoms with Crippen molar-refractivity contribution in [2.75, 3.05) is 15.9 Å². The molecule has 2 N–H and O–H groups in total. The third kappa shape index (κ3) is 5.26. The number of sulfonamides is 1. The van der Waals surface area contributed by atoms with Gasteiger partial charge in [-0.05, 0) is 105 Å². The van der Waals surface area contributed by atoms with E-state index in [1.807, 2.05) is 55.5 Å². The third-order valence-corrected chi connectivity index (χ3v) is 8.22. The molecular weight excluding hydrogens is 550 g/mol. The number of aromatic nitrogens is 2. The molecule has 0 spiro atoms. The number of halogens is 1. The summed E-state index contributed by atoms with van der Waals surface area (Å²) in [6, 6.07) is 19.2. The van der Waals surface area contributed by atoms with Crippen LogP contribution in [-0.2, 0) is 10.0 Å². The number of thiocarbonyl (C=S) groups is 1. The van der Waals surface area contributed by atoms with E-state index in [1.54, 1.807) is 12.3 Å². The van der Waals surface area contributed by atoms with Crippen LogP contribution in [0, 0.1) is 27.7 Å². The predicted molar refractivity (Wildman–Crippen MR) is 163 cm³/mol. The maximum absolute atomic E-state index is 11.8. The Kier molecular flexibility index (Phi) is 7.17. The number of hydrogen-bond donors (Lipinski definition) is 2. The number of benzene rings is 2. The molecule has 2 atom stereocenters. The van der Waals surface area contributed by atoms with Crippen LogP contribution in [-0.4, -0.2) is 29.3 Å². The number of rotatable bonds is 6. The number of nitrogens with zero attached hydrogens (tertiary/aromatic N) is 3. The molecular formula is C29H30ClN5O2S2. The van der Waals surface area contributed by atoms with Gasteiger partial charge in [-0.15, -0.1) is 0 Å². The predicted octanol–water partition coefficient (Wildman–Crippen LogP) is 6.31. The zero-order valence-corrected chi connectivity index (χ0v) is 24.7. The molecule has 2 aromatic carbocycles. The fourth-order valence-electron chi connectivity index (χ4n) is 5.34. The van der Waals surface area contributed by atoms with Crippen LogP contribution in [0.4, 0.5) is 11.4 Å². The van der Waals surface area contributed by atoms with Gasteiger partial charge < -0.3 is 14.8 Å². The molecule has 4 aromatic rings. The van der Waals surface area contributed by atoms with Gasteiger partial charge >= 0.3 is 0 Å². The van der Waals surface area contributed by atoms with Crippen LogP contribution >= 0.6 is 23.8 Å². The summed E-state index contributed by atoms with van der Waals surface area (Å²) in [5, 5.41) is 4.76. The van der Waals surface area contributed by atoms with Crippen LogP contribution in [0.3, 0.4) is 0 Å². The molecule has 0 radical (unpaired) electrons. The van der Waals surface area contributed by atoms with Crippen molar-refractivity contribution in [1.82, 2.24) is 14.9 Å². The van der Waals surface area contributed by atoms with E-state index in [0.717, 1.165) is 51.4 Å².